The quantitative estimate of drug-likeness (QED) is 0.233. The third-order valence-corrected chi connectivity index (χ3v) is 11.9. The van der Waals surface area contributed by atoms with Crippen LogP contribution in [0.2, 0.25) is 24.2 Å². The minimum absolute atomic E-state index is 0. The Bertz CT molecular complexity index is 550. The van der Waals surface area contributed by atoms with Gasteiger partial charge in [0.1, 0.15) is 34.2 Å². The zero-order chi connectivity index (χ0) is 24.4. The average molecular weight is 660 g/mol. The fourth-order valence-electron chi connectivity index (χ4n) is 2.96. The maximum atomic E-state index is 11.9. The SMILES string of the molecule is CO[Si](C)(OC)C(C(C)=O)C(=O)C(C)C.CO[Si](C)(OC)C(C(C)=O)C(=O)C(C)C.[Pt+2]. The Morgan fingerprint density at radius 2 is 0.774 bits per heavy atom. The second kappa shape index (κ2) is 15.5. The minimum atomic E-state index is -2.71. The second-order valence-corrected chi connectivity index (χ2v) is 14.9. The maximum absolute atomic E-state index is 11.9. The van der Waals surface area contributed by atoms with Crippen LogP contribution in [0.25, 0.3) is 0 Å². The molecule has 0 N–H and O–H groups in total. The van der Waals surface area contributed by atoms with E-state index in [9.17, 15) is 19.2 Å². The Balaban J connectivity index is -0.000000490. The van der Waals surface area contributed by atoms with Crippen LogP contribution in [0.3, 0.4) is 0 Å². The monoisotopic (exact) mass is 659 g/mol. The molecule has 31 heavy (non-hydrogen) atoms. The molecule has 0 rings (SSSR count). The Labute approximate surface area is 203 Å². The van der Waals surface area contributed by atoms with Crippen LogP contribution < -0.4 is 0 Å². The Morgan fingerprint density at radius 3 is 0.871 bits per heavy atom. The summed E-state index contributed by atoms with van der Waals surface area (Å²) in [5.74, 6) is -0.911. The van der Waals surface area contributed by atoms with Crippen LogP contribution in [0, 0.1) is 11.8 Å². The molecule has 0 bridgehead atoms. The summed E-state index contributed by atoms with van der Waals surface area (Å²) in [6.07, 6.45) is 0. The van der Waals surface area contributed by atoms with E-state index in [4.69, 9.17) is 17.7 Å². The molecule has 0 aliphatic carbocycles. The summed E-state index contributed by atoms with van der Waals surface area (Å²) in [7, 11) is 0.512. The average Bonchev–Trinajstić information content (AvgIpc) is 2.67. The van der Waals surface area contributed by atoms with Gasteiger partial charge in [0.2, 0.25) is 0 Å². The number of hydrogen-bond acceptors (Lipinski definition) is 8. The summed E-state index contributed by atoms with van der Waals surface area (Å²) < 4.78 is 21.0. The van der Waals surface area contributed by atoms with Gasteiger partial charge in [-0.25, -0.2) is 0 Å². The smallest absolute Gasteiger partial charge is 0.397 e. The van der Waals surface area contributed by atoms with Crippen LogP contribution in [0.5, 0.6) is 0 Å². The number of rotatable bonds is 12. The minimum Gasteiger partial charge on any atom is -0.397 e. The summed E-state index contributed by atoms with van der Waals surface area (Å²) in [5.41, 5.74) is -1.46. The van der Waals surface area contributed by atoms with Crippen molar-refractivity contribution in [1.29, 1.82) is 0 Å². The zero-order valence-electron chi connectivity index (χ0n) is 20.9. The van der Waals surface area contributed by atoms with Gasteiger partial charge in [-0.2, -0.15) is 0 Å². The van der Waals surface area contributed by atoms with Gasteiger partial charge in [0.15, 0.2) is 0 Å². The number of Topliss-reactive ketones (excluding diaryl/α,β-unsaturated/α-hetero) is 4. The van der Waals surface area contributed by atoms with Gasteiger partial charge in [-0.3, -0.25) is 19.2 Å². The van der Waals surface area contributed by atoms with E-state index < -0.39 is 28.2 Å². The molecule has 0 saturated carbocycles. The summed E-state index contributed by atoms with van der Waals surface area (Å²) in [5, 5.41) is 0. The van der Waals surface area contributed by atoms with Gasteiger partial charge in [0.25, 0.3) is 0 Å². The first kappa shape index (κ1) is 35.2. The Morgan fingerprint density at radius 1 is 0.581 bits per heavy atom. The van der Waals surface area contributed by atoms with Gasteiger partial charge in [-0.05, 0) is 26.9 Å². The van der Waals surface area contributed by atoms with Crippen molar-refractivity contribution in [2.45, 2.75) is 65.7 Å². The second-order valence-electron chi connectivity index (χ2n) is 8.05. The van der Waals surface area contributed by atoms with Crippen molar-refractivity contribution in [2.75, 3.05) is 28.4 Å². The van der Waals surface area contributed by atoms with Gasteiger partial charge >= 0.3 is 38.2 Å². The standard InChI is InChI=1S/2C10H20O4Si.Pt/c2*1-7(2)9(12)10(8(3)11)15(6,13-4)14-5;/h2*7,10H,1-6H3;/q;;+2. The molecule has 0 aliphatic rings. The van der Waals surface area contributed by atoms with Crippen molar-refractivity contribution < 1.29 is 57.9 Å². The van der Waals surface area contributed by atoms with Crippen molar-refractivity contribution in [3.05, 3.63) is 0 Å². The van der Waals surface area contributed by atoms with Crippen LogP contribution in [-0.2, 0) is 57.9 Å². The fraction of sp³-hybridized carbons (Fsp3) is 0.800. The van der Waals surface area contributed by atoms with E-state index >= 15 is 0 Å². The molecular formula is C20H40O8PtSi2+2. The number of carbonyl (C=O) groups is 4. The van der Waals surface area contributed by atoms with E-state index in [0.717, 1.165) is 0 Å². The van der Waals surface area contributed by atoms with Crippen LogP contribution in [0.1, 0.15) is 41.5 Å². The molecule has 2 unspecified atom stereocenters. The molecule has 11 heteroatoms. The molecule has 184 valence electrons. The van der Waals surface area contributed by atoms with Crippen molar-refractivity contribution in [3.63, 3.8) is 0 Å². The molecule has 0 heterocycles. The van der Waals surface area contributed by atoms with Crippen molar-refractivity contribution in [2.24, 2.45) is 11.8 Å². The number of ketones is 4. The molecule has 0 spiro atoms. The molecule has 0 aliphatic heterocycles. The number of carbonyl (C=O) groups excluding carboxylic acids is 4. The predicted molar refractivity (Wildman–Crippen MR) is 120 cm³/mol. The van der Waals surface area contributed by atoms with Gasteiger partial charge in [0.05, 0.1) is 0 Å². The fourth-order valence-corrected chi connectivity index (χ4v) is 7.41. The van der Waals surface area contributed by atoms with E-state index in [1.165, 1.54) is 42.3 Å². The summed E-state index contributed by atoms with van der Waals surface area (Å²) in [6, 6.07) is 0. The molecule has 0 radical (unpaired) electrons. The molecule has 0 aromatic rings. The Hall–Kier alpha value is -0.358. The zero-order valence-corrected chi connectivity index (χ0v) is 25.2. The number of hydrogen-bond donors (Lipinski definition) is 0. The van der Waals surface area contributed by atoms with Crippen LogP contribution in [0.15, 0.2) is 0 Å². The third-order valence-electron chi connectivity index (χ3n) is 5.19. The Kier molecular flexibility index (Phi) is 17.6. The normalized spacial score (nSPS) is 13.6. The van der Waals surface area contributed by atoms with Crippen LogP contribution >= 0.6 is 0 Å². The summed E-state index contributed by atoms with van der Waals surface area (Å²) in [4.78, 5) is 46.8. The first-order valence-electron chi connectivity index (χ1n) is 9.88. The molecule has 0 saturated heterocycles. The van der Waals surface area contributed by atoms with E-state index in [-0.39, 0.29) is 56.0 Å². The van der Waals surface area contributed by atoms with Gasteiger partial charge in [-0.1, -0.05) is 27.7 Å². The van der Waals surface area contributed by atoms with Crippen molar-refractivity contribution >= 4 is 40.3 Å². The van der Waals surface area contributed by atoms with E-state index in [1.54, 1.807) is 40.8 Å². The molecular weight excluding hydrogens is 619 g/mol. The molecule has 0 fully saturated rings. The van der Waals surface area contributed by atoms with Gasteiger partial charge < -0.3 is 17.7 Å². The van der Waals surface area contributed by atoms with E-state index in [1.807, 2.05) is 0 Å². The molecule has 0 amide bonds. The third kappa shape index (κ3) is 9.98. The first-order valence-corrected chi connectivity index (χ1v) is 14.7. The predicted octanol–water partition coefficient (Wildman–Crippen LogP) is 3.07. The molecule has 2 atom stereocenters. The molecule has 0 aromatic heterocycles. The van der Waals surface area contributed by atoms with Gasteiger partial charge in [0, 0.05) is 40.3 Å². The van der Waals surface area contributed by atoms with Crippen molar-refractivity contribution in [3.8, 4) is 0 Å². The van der Waals surface area contributed by atoms with Crippen LogP contribution in [0.4, 0.5) is 0 Å². The van der Waals surface area contributed by atoms with Gasteiger partial charge in [-0.15, -0.1) is 0 Å². The molecule has 0 aromatic carbocycles. The summed E-state index contributed by atoms with van der Waals surface area (Å²) >= 11 is 0. The first-order chi connectivity index (χ1) is 13.6. The van der Waals surface area contributed by atoms with E-state index in [0.29, 0.717) is 0 Å². The maximum Gasteiger partial charge on any atom is 2.00 e. The van der Waals surface area contributed by atoms with Crippen LogP contribution in [-0.4, -0.2) is 68.7 Å². The molecule has 8 nitrogen and oxygen atoms in total. The topological polar surface area (TPSA) is 105 Å². The van der Waals surface area contributed by atoms with Crippen molar-refractivity contribution in [1.82, 2.24) is 0 Å². The van der Waals surface area contributed by atoms with E-state index in [2.05, 4.69) is 0 Å². The summed E-state index contributed by atoms with van der Waals surface area (Å²) in [6.45, 7) is 13.4. The largest absolute Gasteiger partial charge is 2.00 e.